The van der Waals surface area contributed by atoms with Crippen LogP contribution < -0.4 is 5.73 Å². The van der Waals surface area contributed by atoms with E-state index in [1.807, 2.05) is 55.7 Å². The second-order valence-electron chi connectivity index (χ2n) is 9.94. The number of benzene rings is 2. The first-order chi connectivity index (χ1) is 16.9. The number of rotatable bonds is 9. The maximum Gasteiger partial charge on any atom is 0.320 e. The minimum Gasteiger partial charge on any atom is -0.480 e. The van der Waals surface area contributed by atoms with E-state index in [1.165, 1.54) is 6.92 Å². The third-order valence-electron chi connectivity index (χ3n) is 5.99. The summed E-state index contributed by atoms with van der Waals surface area (Å²) in [4.78, 5) is 30.4. The molecule has 0 aliphatic heterocycles. The molecule has 2 atom stereocenters. The monoisotopic (exact) mass is 534 g/mol. The van der Waals surface area contributed by atoms with Gasteiger partial charge in [-0.25, -0.2) is 13.8 Å². The maximum atomic E-state index is 14.7. The van der Waals surface area contributed by atoms with Gasteiger partial charge in [-0.05, 0) is 35.6 Å². The minimum atomic E-state index is -1.15. The molecule has 2 aromatic carbocycles. The number of nitrogens with zero attached hydrogens (tertiary/aromatic N) is 3. The lowest BCUT2D eigenvalue weighted by Gasteiger charge is -2.39. The molecular weight excluding hydrogens is 502 g/mol. The number of halogens is 3. The Morgan fingerprint density at radius 3 is 2.35 bits per heavy atom. The van der Waals surface area contributed by atoms with Crippen molar-refractivity contribution in [2.24, 2.45) is 11.1 Å². The fraction of sp³-hybridized carbons (Fsp3) is 0.370. The first-order valence-electron chi connectivity index (χ1n) is 11.7. The Kier molecular flexibility index (Phi) is 9.94. The van der Waals surface area contributed by atoms with E-state index in [0.717, 1.165) is 23.8 Å². The average Bonchev–Trinajstić information content (AvgIpc) is 3.19. The van der Waals surface area contributed by atoms with Crippen LogP contribution in [-0.2, 0) is 16.1 Å². The minimum absolute atomic E-state index is 0. The number of amides is 1. The smallest absolute Gasteiger partial charge is 0.320 e. The summed E-state index contributed by atoms with van der Waals surface area (Å²) in [6.45, 7) is 7.69. The Hall–Kier alpha value is -3.30. The van der Waals surface area contributed by atoms with Gasteiger partial charge >= 0.3 is 5.97 Å². The van der Waals surface area contributed by atoms with Gasteiger partial charge in [0.05, 0.1) is 11.7 Å². The number of carbonyl (C=O) groups is 2. The van der Waals surface area contributed by atoms with Crippen LogP contribution in [0.2, 0.25) is 0 Å². The highest BCUT2D eigenvalue weighted by molar-refractivity contribution is 5.85. The molecule has 0 saturated heterocycles. The van der Waals surface area contributed by atoms with Crippen molar-refractivity contribution < 1.29 is 23.5 Å². The SMILES string of the molecule is CC(=O)N(CC[C@H](N)C(=O)O)[C@@H](c1nc(-c2cc(F)ccc2F)cn1Cc1ccccc1)C(C)(C)C.Cl. The molecule has 0 spiro atoms. The molecule has 1 heterocycles. The van der Waals surface area contributed by atoms with Crippen molar-refractivity contribution in [3.05, 3.63) is 77.8 Å². The molecule has 0 saturated carbocycles. The van der Waals surface area contributed by atoms with E-state index in [1.54, 1.807) is 11.1 Å². The molecule has 37 heavy (non-hydrogen) atoms. The van der Waals surface area contributed by atoms with Crippen LogP contribution in [0, 0.1) is 17.0 Å². The summed E-state index contributed by atoms with van der Waals surface area (Å²) in [6.07, 6.45) is 1.70. The molecule has 1 aromatic heterocycles. The number of carboxylic acid groups (broad SMARTS) is 1. The van der Waals surface area contributed by atoms with E-state index in [0.29, 0.717) is 12.4 Å². The third-order valence-corrected chi connectivity index (χ3v) is 5.99. The molecule has 0 bridgehead atoms. The number of carbonyl (C=O) groups excluding carboxylic acids is 1. The molecule has 3 aromatic rings. The molecule has 200 valence electrons. The van der Waals surface area contributed by atoms with E-state index in [-0.39, 0.29) is 42.5 Å². The normalized spacial score (nSPS) is 12.9. The van der Waals surface area contributed by atoms with Crippen LogP contribution in [-0.4, -0.2) is 44.0 Å². The zero-order chi connectivity index (χ0) is 26.6. The van der Waals surface area contributed by atoms with Crippen LogP contribution in [0.1, 0.15) is 51.5 Å². The molecule has 0 fully saturated rings. The van der Waals surface area contributed by atoms with Gasteiger partial charge in [-0.1, -0.05) is 51.1 Å². The van der Waals surface area contributed by atoms with E-state index in [4.69, 9.17) is 10.7 Å². The van der Waals surface area contributed by atoms with Gasteiger partial charge in [0.2, 0.25) is 5.91 Å². The lowest BCUT2D eigenvalue weighted by molar-refractivity contribution is -0.140. The van der Waals surface area contributed by atoms with E-state index >= 15 is 0 Å². The van der Waals surface area contributed by atoms with Gasteiger partial charge in [0.25, 0.3) is 0 Å². The lowest BCUT2D eigenvalue weighted by atomic mass is 9.84. The second kappa shape index (κ2) is 12.3. The standard InChI is InChI=1S/C27H32F2N4O3.ClH/c1-17(34)33(13-12-22(30)26(35)36)24(27(2,3)4)25-31-23(20-14-19(28)10-11-21(20)29)16-32(25)15-18-8-6-5-7-9-18;/h5-11,14,16,22,24H,12-13,15,30H2,1-4H3,(H,35,36);1H/t22-,24-;/m0./s1. The van der Waals surface area contributed by atoms with E-state index < -0.39 is 35.1 Å². The average molecular weight is 535 g/mol. The highest BCUT2D eigenvalue weighted by Gasteiger charge is 2.37. The highest BCUT2D eigenvalue weighted by atomic mass is 35.5. The van der Waals surface area contributed by atoms with Gasteiger partial charge in [0.15, 0.2) is 0 Å². The Balaban J connectivity index is 0.00000481. The van der Waals surface area contributed by atoms with Crippen molar-refractivity contribution in [2.75, 3.05) is 6.54 Å². The fourth-order valence-corrected chi connectivity index (χ4v) is 4.24. The number of carboxylic acids is 1. The molecule has 0 aliphatic rings. The van der Waals surface area contributed by atoms with Crippen LogP contribution >= 0.6 is 12.4 Å². The Bertz CT molecular complexity index is 1230. The number of imidazole rings is 1. The van der Waals surface area contributed by atoms with E-state index in [2.05, 4.69) is 0 Å². The lowest BCUT2D eigenvalue weighted by Crippen LogP contribution is -2.44. The summed E-state index contributed by atoms with van der Waals surface area (Å²) in [5.74, 6) is -2.16. The van der Waals surface area contributed by atoms with Crippen LogP contribution in [0.4, 0.5) is 8.78 Å². The van der Waals surface area contributed by atoms with Crippen molar-refractivity contribution >= 4 is 24.3 Å². The second-order valence-corrected chi connectivity index (χ2v) is 9.94. The van der Waals surface area contributed by atoms with Crippen molar-refractivity contribution in [3.63, 3.8) is 0 Å². The number of aliphatic carboxylic acids is 1. The Morgan fingerprint density at radius 1 is 1.14 bits per heavy atom. The quantitative estimate of drug-likeness (QED) is 0.400. The summed E-state index contributed by atoms with van der Waals surface area (Å²) in [6, 6.07) is 11.0. The van der Waals surface area contributed by atoms with Gasteiger partial charge in [-0.3, -0.25) is 9.59 Å². The number of nitrogens with two attached hydrogens (primary N) is 1. The summed E-state index contributed by atoms with van der Waals surface area (Å²) in [5.41, 5.74) is 6.38. The van der Waals surface area contributed by atoms with Gasteiger partial charge in [-0.2, -0.15) is 0 Å². The fourth-order valence-electron chi connectivity index (χ4n) is 4.24. The summed E-state index contributed by atoms with van der Waals surface area (Å²) < 4.78 is 30.5. The molecule has 10 heteroatoms. The molecule has 3 rings (SSSR count). The molecule has 7 nitrogen and oxygen atoms in total. The summed E-state index contributed by atoms with van der Waals surface area (Å²) in [5, 5.41) is 9.22. The molecular formula is C27H33ClF2N4O3. The van der Waals surface area contributed by atoms with Gasteiger partial charge in [-0.15, -0.1) is 12.4 Å². The predicted octanol–water partition coefficient (Wildman–Crippen LogP) is 5.04. The highest BCUT2D eigenvalue weighted by Crippen LogP contribution is 2.39. The van der Waals surface area contributed by atoms with Crippen molar-refractivity contribution in [3.8, 4) is 11.3 Å². The number of hydrogen-bond acceptors (Lipinski definition) is 4. The van der Waals surface area contributed by atoms with Gasteiger partial charge in [0.1, 0.15) is 23.5 Å². The van der Waals surface area contributed by atoms with Crippen molar-refractivity contribution in [2.45, 2.75) is 52.7 Å². The van der Waals surface area contributed by atoms with Crippen molar-refractivity contribution in [1.82, 2.24) is 14.5 Å². The maximum absolute atomic E-state index is 14.7. The number of hydrogen-bond donors (Lipinski definition) is 2. The summed E-state index contributed by atoms with van der Waals surface area (Å²) >= 11 is 0. The largest absolute Gasteiger partial charge is 0.480 e. The molecule has 3 N–H and O–H groups in total. The Morgan fingerprint density at radius 2 is 1.78 bits per heavy atom. The topological polar surface area (TPSA) is 101 Å². The van der Waals surface area contributed by atoms with Gasteiger partial charge in [0, 0.05) is 31.8 Å². The van der Waals surface area contributed by atoms with Crippen LogP contribution in [0.25, 0.3) is 11.3 Å². The summed E-state index contributed by atoms with van der Waals surface area (Å²) in [7, 11) is 0. The molecule has 0 unspecified atom stereocenters. The first kappa shape index (κ1) is 29.9. The van der Waals surface area contributed by atoms with E-state index in [9.17, 15) is 23.5 Å². The van der Waals surface area contributed by atoms with Crippen LogP contribution in [0.3, 0.4) is 0 Å². The first-order valence-corrected chi connectivity index (χ1v) is 11.7. The third kappa shape index (κ3) is 7.36. The zero-order valence-corrected chi connectivity index (χ0v) is 22.1. The Labute approximate surface area is 221 Å². The number of aromatic nitrogens is 2. The van der Waals surface area contributed by atoms with Crippen molar-refractivity contribution in [1.29, 1.82) is 0 Å². The molecule has 0 aliphatic carbocycles. The molecule has 0 radical (unpaired) electrons. The van der Waals surface area contributed by atoms with Gasteiger partial charge < -0.3 is 20.3 Å². The molecule has 1 amide bonds. The zero-order valence-electron chi connectivity index (χ0n) is 21.3. The van der Waals surface area contributed by atoms with Crippen LogP contribution in [0.15, 0.2) is 54.7 Å². The van der Waals surface area contributed by atoms with Crippen LogP contribution in [0.5, 0.6) is 0 Å². The predicted molar refractivity (Wildman–Crippen MR) is 140 cm³/mol.